The van der Waals surface area contributed by atoms with E-state index < -0.39 is 6.10 Å². The minimum atomic E-state index is -0.806. The fourth-order valence-electron chi connectivity index (χ4n) is 3.16. The predicted octanol–water partition coefficient (Wildman–Crippen LogP) is -0.126. The molecular weight excluding hydrogens is 290 g/mol. The number of rotatable bonds is 4. The van der Waals surface area contributed by atoms with Crippen LogP contribution in [0.5, 0.6) is 0 Å². The number of thioether (sulfide) groups is 1. The molecule has 2 aromatic heterocycles. The maximum Gasteiger partial charge on any atom is 0.165 e. The molecule has 4 rings (SSSR count). The monoisotopic (exact) mass is 307 g/mol. The Labute approximate surface area is 126 Å². The largest absolute Gasteiger partial charge is 0.394 e. The molecule has 112 valence electrons. The lowest BCUT2D eigenvalue weighted by atomic mass is 10.2. The van der Waals surface area contributed by atoms with Crippen LogP contribution in [-0.4, -0.2) is 66.0 Å². The lowest BCUT2D eigenvalue weighted by molar-refractivity contribution is 0.0820. The van der Waals surface area contributed by atoms with Gasteiger partial charge in [0, 0.05) is 23.6 Å². The first kappa shape index (κ1) is 13.3. The standard InChI is InChI=1S/C13H17N5O2S/c19-4-9(20)2-17-7-16-11-12(17)14-6-15-13(11)18-3-10-1-8(18)5-21-10/h6-10,19-20H,1-5H2/t8-,9?,10-/m0/s1. The van der Waals surface area contributed by atoms with Crippen LogP contribution in [-0.2, 0) is 6.54 Å². The van der Waals surface area contributed by atoms with E-state index in [1.807, 2.05) is 11.8 Å². The van der Waals surface area contributed by atoms with Crippen LogP contribution in [0.3, 0.4) is 0 Å². The van der Waals surface area contributed by atoms with Crippen molar-refractivity contribution in [1.82, 2.24) is 19.5 Å². The Kier molecular flexibility index (Phi) is 3.24. The number of fused-ring (bicyclic) bond motifs is 3. The minimum Gasteiger partial charge on any atom is -0.394 e. The van der Waals surface area contributed by atoms with Crippen LogP contribution < -0.4 is 4.90 Å². The molecule has 2 aliphatic heterocycles. The van der Waals surface area contributed by atoms with Crippen LogP contribution in [0.1, 0.15) is 6.42 Å². The zero-order valence-corrected chi connectivity index (χ0v) is 12.3. The van der Waals surface area contributed by atoms with Gasteiger partial charge in [-0.15, -0.1) is 0 Å². The zero-order valence-electron chi connectivity index (χ0n) is 11.5. The number of imidazole rings is 1. The molecule has 2 aliphatic rings. The van der Waals surface area contributed by atoms with Crippen molar-refractivity contribution in [1.29, 1.82) is 0 Å². The number of aliphatic hydroxyl groups is 2. The van der Waals surface area contributed by atoms with E-state index in [4.69, 9.17) is 5.11 Å². The van der Waals surface area contributed by atoms with Crippen molar-refractivity contribution in [3.05, 3.63) is 12.7 Å². The van der Waals surface area contributed by atoms with Gasteiger partial charge in [0.2, 0.25) is 0 Å². The van der Waals surface area contributed by atoms with Gasteiger partial charge in [0.25, 0.3) is 0 Å². The van der Waals surface area contributed by atoms with E-state index in [0.29, 0.717) is 16.9 Å². The summed E-state index contributed by atoms with van der Waals surface area (Å²) in [5, 5.41) is 19.3. The quantitative estimate of drug-likeness (QED) is 0.814. The van der Waals surface area contributed by atoms with Gasteiger partial charge in [-0.2, -0.15) is 11.8 Å². The molecule has 2 aromatic rings. The summed E-state index contributed by atoms with van der Waals surface area (Å²) in [4.78, 5) is 15.5. The molecule has 3 atom stereocenters. The van der Waals surface area contributed by atoms with Crippen molar-refractivity contribution >= 4 is 28.7 Å². The van der Waals surface area contributed by atoms with Crippen LogP contribution in [0.15, 0.2) is 12.7 Å². The maximum atomic E-state index is 9.60. The Morgan fingerprint density at radius 2 is 2.29 bits per heavy atom. The zero-order chi connectivity index (χ0) is 14.4. The Morgan fingerprint density at radius 1 is 1.38 bits per heavy atom. The summed E-state index contributed by atoms with van der Waals surface area (Å²) in [6.07, 6.45) is 3.63. The number of hydrogen-bond acceptors (Lipinski definition) is 7. The first-order valence-corrected chi connectivity index (χ1v) is 8.14. The average Bonchev–Trinajstić information content (AvgIpc) is 3.22. The molecule has 2 saturated heterocycles. The smallest absolute Gasteiger partial charge is 0.165 e. The van der Waals surface area contributed by atoms with Gasteiger partial charge >= 0.3 is 0 Å². The third kappa shape index (κ3) is 2.18. The number of aromatic nitrogens is 4. The van der Waals surface area contributed by atoms with E-state index >= 15 is 0 Å². The molecule has 0 amide bonds. The van der Waals surface area contributed by atoms with Gasteiger partial charge in [0.05, 0.1) is 25.6 Å². The first-order valence-electron chi connectivity index (χ1n) is 7.09. The molecule has 2 bridgehead atoms. The minimum absolute atomic E-state index is 0.273. The van der Waals surface area contributed by atoms with Crippen LogP contribution >= 0.6 is 11.8 Å². The summed E-state index contributed by atoms with van der Waals surface area (Å²) in [5.74, 6) is 2.05. The molecule has 21 heavy (non-hydrogen) atoms. The number of nitrogens with zero attached hydrogens (tertiary/aromatic N) is 5. The second kappa shape index (κ2) is 5.11. The highest BCUT2D eigenvalue weighted by atomic mass is 32.2. The van der Waals surface area contributed by atoms with Crippen molar-refractivity contribution in [2.45, 2.75) is 30.4 Å². The van der Waals surface area contributed by atoms with Gasteiger partial charge in [-0.3, -0.25) is 0 Å². The van der Waals surface area contributed by atoms with Crippen LogP contribution in [0.2, 0.25) is 0 Å². The summed E-state index contributed by atoms with van der Waals surface area (Å²) in [6.45, 7) is 1.03. The van der Waals surface area contributed by atoms with E-state index in [-0.39, 0.29) is 13.2 Å². The number of anilines is 1. The first-order chi connectivity index (χ1) is 10.3. The highest BCUT2D eigenvalue weighted by molar-refractivity contribution is 8.00. The van der Waals surface area contributed by atoms with E-state index in [1.165, 1.54) is 6.42 Å². The molecule has 2 N–H and O–H groups in total. The van der Waals surface area contributed by atoms with Crippen molar-refractivity contribution in [2.24, 2.45) is 0 Å². The van der Waals surface area contributed by atoms with Crippen molar-refractivity contribution < 1.29 is 10.2 Å². The predicted molar refractivity (Wildman–Crippen MR) is 80.4 cm³/mol. The molecule has 0 aliphatic carbocycles. The topological polar surface area (TPSA) is 87.3 Å². The van der Waals surface area contributed by atoms with Gasteiger partial charge in [0.15, 0.2) is 17.0 Å². The molecule has 7 nitrogen and oxygen atoms in total. The summed E-state index contributed by atoms with van der Waals surface area (Å²) < 4.78 is 1.77. The fourth-order valence-corrected chi connectivity index (χ4v) is 4.59. The summed E-state index contributed by atoms with van der Waals surface area (Å²) in [5.41, 5.74) is 1.49. The SMILES string of the molecule is OCC(O)Cn1cnc2c(N3C[C@@H]4C[C@H]3CS4)ncnc21. The molecule has 0 radical (unpaired) electrons. The molecule has 2 fully saturated rings. The van der Waals surface area contributed by atoms with Crippen molar-refractivity contribution in [2.75, 3.05) is 23.8 Å². The third-order valence-corrected chi connectivity index (χ3v) is 5.56. The number of aliphatic hydroxyl groups excluding tert-OH is 2. The molecule has 1 unspecified atom stereocenters. The third-order valence-electron chi connectivity index (χ3n) is 4.17. The summed E-state index contributed by atoms with van der Waals surface area (Å²) >= 11 is 2.04. The van der Waals surface area contributed by atoms with Gasteiger partial charge in [0.1, 0.15) is 6.33 Å². The van der Waals surface area contributed by atoms with Gasteiger partial charge in [-0.05, 0) is 6.42 Å². The lowest BCUT2D eigenvalue weighted by Crippen LogP contribution is -2.34. The highest BCUT2D eigenvalue weighted by Crippen LogP contribution is 2.40. The second-order valence-electron chi connectivity index (χ2n) is 5.60. The molecule has 4 heterocycles. The maximum absolute atomic E-state index is 9.60. The van der Waals surface area contributed by atoms with Crippen molar-refractivity contribution in [3.8, 4) is 0 Å². The number of hydrogen-bond donors (Lipinski definition) is 2. The highest BCUT2D eigenvalue weighted by Gasteiger charge is 2.40. The molecule has 0 saturated carbocycles. The summed E-state index contributed by atoms with van der Waals surface area (Å²) in [6, 6.07) is 0.547. The van der Waals surface area contributed by atoms with E-state index in [2.05, 4.69) is 19.9 Å². The Balaban J connectivity index is 1.71. The fraction of sp³-hybridized carbons (Fsp3) is 0.615. The van der Waals surface area contributed by atoms with Crippen LogP contribution in [0, 0.1) is 0 Å². The van der Waals surface area contributed by atoms with Gasteiger partial charge < -0.3 is 19.7 Å². The lowest BCUT2D eigenvalue weighted by Gasteiger charge is -2.27. The molecule has 0 aromatic carbocycles. The van der Waals surface area contributed by atoms with Crippen LogP contribution in [0.4, 0.5) is 5.82 Å². The van der Waals surface area contributed by atoms with Crippen LogP contribution in [0.25, 0.3) is 11.2 Å². The Bertz CT molecular complexity index is 663. The Hall–Kier alpha value is -1.38. The van der Waals surface area contributed by atoms with E-state index in [0.717, 1.165) is 23.6 Å². The molecular formula is C13H17N5O2S. The summed E-state index contributed by atoms with van der Waals surface area (Å²) in [7, 11) is 0. The molecule has 0 spiro atoms. The normalized spacial score (nSPS) is 25.9. The van der Waals surface area contributed by atoms with Crippen molar-refractivity contribution in [3.63, 3.8) is 0 Å². The second-order valence-corrected chi connectivity index (χ2v) is 6.93. The Morgan fingerprint density at radius 3 is 3.00 bits per heavy atom. The van der Waals surface area contributed by atoms with Gasteiger partial charge in [-0.1, -0.05) is 0 Å². The van der Waals surface area contributed by atoms with E-state index in [1.54, 1.807) is 17.2 Å². The average molecular weight is 307 g/mol. The van der Waals surface area contributed by atoms with Gasteiger partial charge in [-0.25, -0.2) is 15.0 Å². The van der Waals surface area contributed by atoms with E-state index in [9.17, 15) is 5.11 Å². The molecule has 8 heteroatoms.